The molecule has 3 rings (SSSR count). The molecule has 0 atom stereocenters. The summed E-state index contributed by atoms with van der Waals surface area (Å²) >= 11 is 0. The second-order valence-electron chi connectivity index (χ2n) is 6.28. The van der Waals surface area contributed by atoms with Crippen LogP contribution in [0.1, 0.15) is 40.1 Å². The number of ether oxygens (including phenoxy) is 2. The van der Waals surface area contributed by atoms with E-state index < -0.39 is 11.9 Å². The van der Waals surface area contributed by atoms with E-state index in [1.165, 1.54) is 6.07 Å². The lowest BCUT2D eigenvalue weighted by Gasteiger charge is -2.12. The molecular formula is C22H21NO5. The molecule has 1 N–H and O–H groups in total. The first-order valence-electron chi connectivity index (χ1n) is 9.07. The minimum Gasteiger partial charge on any atom is -0.462 e. The normalized spacial score (nSPS) is 10.7. The summed E-state index contributed by atoms with van der Waals surface area (Å²) in [4.78, 5) is 39.1. The molecule has 0 radical (unpaired) electrons. The van der Waals surface area contributed by atoms with Crippen LogP contribution in [0.15, 0.2) is 47.3 Å². The Bertz CT molecular complexity index is 1100. The zero-order chi connectivity index (χ0) is 20.3. The standard InChI is InChI=1S/C22H21NO5/c1-4-27-21(25)15-8-6-14(7-9-15)18-12-16(22(26)28-5-2)11-17-13(3)10-19(24)23-20(17)18/h6-12H,4-5H2,1-3H3,(H,23,24). The number of hydrogen-bond acceptors (Lipinski definition) is 5. The van der Waals surface area contributed by atoms with E-state index in [-0.39, 0.29) is 12.2 Å². The highest BCUT2D eigenvalue weighted by atomic mass is 16.5. The highest BCUT2D eigenvalue weighted by molar-refractivity contribution is 6.02. The van der Waals surface area contributed by atoms with E-state index in [0.29, 0.717) is 28.8 Å². The topological polar surface area (TPSA) is 85.5 Å². The summed E-state index contributed by atoms with van der Waals surface area (Å²) in [5.41, 5.74) is 3.42. The monoisotopic (exact) mass is 379 g/mol. The molecule has 6 heteroatoms. The molecule has 0 aliphatic rings. The van der Waals surface area contributed by atoms with Gasteiger partial charge in [-0.1, -0.05) is 12.1 Å². The summed E-state index contributed by atoms with van der Waals surface area (Å²) in [7, 11) is 0. The SMILES string of the molecule is CCOC(=O)c1ccc(-c2cc(C(=O)OCC)cc3c(C)cc(=O)[nH]c23)cc1. The molecule has 3 aromatic rings. The Morgan fingerprint density at radius 2 is 1.50 bits per heavy atom. The average molecular weight is 379 g/mol. The van der Waals surface area contributed by atoms with Gasteiger partial charge >= 0.3 is 11.9 Å². The van der Waals surface area contributed by atoms with Crippen LogP contribution in [0.5, 0.6) is 0 Å². The number of aromatic nitrogens is 1. The molecule has 1 aromatic heterocycles. The highest BCUT2D eigenvalue weighted by Gasteiger charge is 2.15. The molecule has 0 fully saturated rings. The van der Waals surface area contributed by atoms with E-state index in [0.717, 1.165) is 16.5 Å². The van der Waals surface area contributed by atoms with Gasteiger partial charge in [0.05, 0.1) is 29.9 Å². The predicted octanol–water partition coefficient (Wildman–Crippen LogP) is 3.86. The largest absolute Gasteiger partial charge is 0.462 e. The van der Waals surface area contributed by atoms with Crippen molar-refractivity contribution < 1.29 is 19.1 Å². The second kappa shape index (κ2) is 8.08. The van der Waals surface area contributed by atoms with E-state index in [2.05, 4.69) is 4.98 Å². The van der Waals surface area contributed by atoms with Crippen LogP contribution in [0.3, 0.4) is 0 Å². The Balaban J connectivity index is 2.19. The Morgan fingerprint density at radius 3 is 2.11 bits per heavy atom. The molecule has 0 amide bonds. The number of fused-ring (bicyclic) bond motifs is 1. The number of rotatable bonds is 5. The minimum atomic E-state index is -0.431. The van der Waals surface area contributed by atoms with Gasteiger partial charge in [0.25, 0.3) is 0 Å². The van der Waals surface area contributed by atoms with E-state index in [9.17, 15) is 14.4 Å². The predicted molar refractivity (Wildman–Crippen MR) is 107 cm³/mol. The summed E-state index contributed by atoms with van der Waals surface area (Å²) in [5.74, 6) is -0.831. The first kappa shape index (κ1) is 19.4. The summed E-state index contributed by atoms with van der Waals surface area (Å²) in [5, 5.41) is 0.759. The molecule has 0 saturated heterocycles. The van der Waals surface area contributed by atoms with Crippen LogP contribution in [0.2, 0.25) is 0 Å². The van der Waals surface area contributed by atoms with E-state index in [1.807, 2.05) is 6.92 Å². The zero-order valence-corrected chi connectivity index (χ0v) is 16.0. The van der Waals surface area contributed by atoms with Crippen LogP contribution in [0, 0.1) is 6.92 Å². The van der Waals surface area contributed by atoms with Gasteiger partial charge in [-0.15, -0.1) is 0 Å². The Morgan fingerprint density at radius 1 is 0.893 bits per heavy atom. The van der Waals surface area contributed by atoms with Crippen LogP contribution >= 0.6 is 0 Å². The van der Waals surface area contributed by atoms with Gasteiger partial charge in [-0.2, -0.15) is 0 Å². The molecule has 0 bridgehead atoms. The van der Waals surface area contributed by atoms with Crippen molar-refractivity contribution in [1.29, 1.82) is 0 Å². The lowest BCUT2D eigenvalue weighted by Crippen LogP contribution is -2.09. The van der Waals surface area contributed by atoms with Crippen LogP contribution < -0.4 is 5.56 Å². The van der Waals surface area contributed by atoms with Gasteiger partial charge in [0.15, 0.2) is 0 Å². The zero-order valence-electron chi connectivity index (χ0n) is 16.0. The van der Waals surface area contributed by atoms with Crippen molar-refractivity contribution in [1.82, 2.24) is 4.98 Å². The van der Waals surface area contributed by atoms with Crippen molar-refractivity contribution in [2.75, 3.05) is 13.2 Å². The third-order valence-electron chi connectivity index (χ3n) is 4.38. The summed E-state index contributed by atoms with van der Waals surface area (Å²) in [6.07, 6.45) is 0. The van der Waals surface area contributed by atoms with Crippen LogP contribution in [0.4, 0.5) is 0 Å². The van der Waals surface area contributed by atoms with Crippen molar-refractivity contribution in [3.05, 3.63) is 69.5 Å². The number of aryl methyl sites for hydroxylation is 1. The van der Waals surface area contributed by atoms with Gasteiger partial charge in [0, 0.05) is 17.0 Å². The molecule has 28 heavy (non-hydrogen) atoms. The van der Waals surface area contributed by atoms with E-state index >= 15 is 0 Å². The number of aromatic amines is 1. The fourth-order valence-electron chi connectivity index (χ4n) is 3.08. The average Bonchev–Trinajstić information content (AvgIpc) is 2.68. The van der Waals surface area contributed by atoms with Gasteiger partial charge in [-0.3, -0.25) is 4.79 Å². The molecule has 6 nitrogen and oxygen atoms in total. The fourth-order valence-corrected chi connectivity index (χ4v) is 3.08. The van der Waals surface area contributed by atoms with Crippen LogP contribution in [0.25, 0.3) is 22.0 Å². The number of carbonyl (C=O) groups excluding carboxylic acids is 2. The number of hydrogen-bond donors (Lipinski definition) is 1. The van der Waals surface area contributed by atoms with Crippen molar-refractivity contribution >= 4 is 22.8 Å². The lowest BCUT2D eigenvalue weighted by molar-refractivity contribution is 0.0517. The molecule has 0 saturated carbocycles. The first-order chi connectivity index (χ1) is 13.4. The van der Waals surface area contributed by atoms with Gasteiger partial charge < -0.3 is 14.5 Å². The molecule has 0 aliphatic carbocycles. The van der Waals surface area contributed by atoms with Crippen LogP contribution in [-0.2, 0) is 9.47 Å². The molecule has 0 unspecified atom stereocenters. The molecule has 1 heterocycles. The number of carbonyl (C=O) groups is 2. The third kappa shape index (κ3) is 3.81. The van der Waals surface area contributed by atoms with Gasteiger partial charge in [0.2, 0.25) is 5.56 Å². The second-order valence-corrected chi connectivity index (χ2v) is 6.28. The molecule has 144 valence electrons. The summed E-state index contributed by atoms with van der Waals surface area (Å²) in [6, 6.07) is 11.7. The highest BCUT2D eigenvalue weighted by Crippen LogP contribution is 2.30. The van der Waals surface area contributed by atoms with Gasteiger partial charge in [0.1, 0.15) is 0 Å². The van der Waals surface area contributed by atoms with E-state index in [4.69, 9.17) is 9.47 Å². The Hall–Kier alpha value is -3.41. The third-order valence-corrected chi connectivity index (χ3v) is 4.38. The van der Waals surface area contributed by atoms with Crippen molar-refractivity contribution in [2.24, 2.45) is 0 Å². The quantitative estimate of drug-likeness (QED) is 0.681. The summed E-state index contributed by atoms with van der Waals surface area (Å²) in [6.45, 7) is 5.88. The smallest absolute Gasteiger partial charge is 0.338 e. The number of esters is 2. The Labute approximate surface area is 162 Å². The molecule has 0 aliphatic heterocycles. The molecule has 2 aromatic carbocycles. The lowest BCUT2D eigenvalue weighted by atomic mass is 9.96. The fraction of sp³-hybridized carbons (Fsp3) is 0.227. The first-order valence-corrected chi connectivity index (χ1v) is 9.07. The van der Waals surface area contributed by atoms with Gasteiger partial charge in [-0.05, 0) is 56.2 Å². The summed E-state index contributed by atoms with van der Waals surface area (Å²) < 4.78 is 10.1. The van der Waals surface area contributed by atoms with Crippen molar-refractivity contribution in [3.8, 4) is 11.1 Å². The Kier molecular flexibility index (Phi) is 5.59. The van der Waals surface area contributed by atoms with Gasteiger partial charge in [-0.25, -0.2) is 9.59 Å². The molecular weight excluding hydrogens is 358 g/mol. The molecule has 0 spiro atoms. The maximum absolute atomic E-state index is 12.3. The maximum atomic E-state index is 12.3. The van der Waals surface area contributed by atoms with E-state index in [1.54, 1.807) is 50.2 Å². The van der Waals surface area contributed by atoms with Crippen molar-refractivity contribution in [2.45, 2.75) is 20.8 Å². The maximum Gasteiger partial charge on any atom is 0.338 e. The van der Waals surface area contributed by atoms with Crippen molar-refractivity contribution in [3.63, 3.8) is 0 Å². The van der Waals surface area contributed by atoms with Crippen LogP contribution in [-0.4, -0.2) is 30.1 Å². The number of H-pyrrole nitrogens is 1. The minimum absolute atomic E-state index is 0.224. The number of nitrogens with one attached hydrogen (secondary N) is 1. The number of pyridine rings is 1. The number of benzene rings is 2.